The Morgan fingerprint density at radius 3 is 2.65 bits per heavy atom. The minimum atomic E-state index is -3.83. The summed E-state index contributed by atoms with van der Waals surface area (Å²) >= 11 is 1.10. The summed E-state index contributed by atoms with van der Waals surface area (Å²) in [5.41, 5.74) is 0.630. The van der Waals surface area contributed by atoms with Crippen molar-refractivity contribution in [3.63, 3.8) is 0 Å². The molecule has 1 aromatic carbocycles. The van der Waals surface area contributed by atoms with Crippen LogP contribution in [0.4, 0.5) is 10.1 Å². The number of nitrogens with one attached hydrogen (secondary N) is 2. The highest BCUT2D eigenvalue weighted by molar-refractivity contribution is 7.94. The first kappa shape index (κ1) is 17.4. The molecule has 2 rings (SSSR count). The Labute approximate surface area is 138 Å². The molecular formula is C15H17FN2O3S2. The zero-order valence-electron chi connectivity index (χ0n) is 12.7. The maximum atomic E-state index is 13.8. The molecule has 0 aliphatic carbocycles. The van der Waals surface area contributed by atoms with Gasteiger partial charge in [-0.15, -0.1) is 11.3 Å². The first-order valence-electron chi connectivity index (χ1n) is 6.90. The summed E-state index contributed by atoms with van der Waals surface area (Å²) in [5.74, 6) is -0.748. The number of thiophene rings is 1. The molecule has 5 nitrogen and oxygen atoms in total. The van der Waals surface area contributed by atoms with E-state index in [1.165, 1.54) is 25.1 Å². The molecular weight excluding hydrogens is 339 g/mol. The van der Waals surface area contributed by atoms with Crippen LogP contribution in [0.25, 0.3) is 0 Å². The number of rotatable bonds is 6. The molecule has 0 aliphatic rings. The average molecular weight is 356 g/mol. The van der Waals surface area contributed by atoms with Gasteiger partial charge < -0.3 is 5.32 Å². The van der Waals surface area contributed by atoms with Crippen LogP contribution in [0.5, 0.6) is 0 Å². The van der Waals surface area contributed by atoms with Gasteiger partial charge in [-0.2, -0.15) is 0 Å². The SMILES string of the molecule is CC(=O)NCCc1ccc(S(=O)(=O)Nc2ccc(C)cc2F)s1. The second-order valence-corrected chi connectivity index (χ2v) is 8.12. The van der Waals surface area contributed by atoms with Crippen LogP contribution in [0.1, 0.15) is 17.4 Å². The lowest BCUT2D eigenvalue weighted by molar-refractivity contribution is -0.118. The zero-order chi connectivity index (χ0) is 17.0. The van der Waals surface area contributed by atoms with Gasteiger partial charge in [0, 0.05) is 18.3 Å². The van der Waals surface area contributed by atoms with Gasteiger partial charge in [-0.3, -0.25) is 9.52 Å². The molecule has 124 valence electrons. The van der Waals surface area contributed by atoms with E-state index in [2.05, 4.69) is 10.0 Å². The molecule has 1 aromatic heterocycles. The molecule has 0 atom stereocenters. The van der Waals surface area contributed by atoms with Crippen molar-refractivity contribution in [2.24, 2.45) is 0 Å². The molecule has 23 heavy (non-hydrogen) atoms. The van der Waals surface area contributed by atoms with E-state index in [-0.39, 0.29) is 15.8 Å². The fourth-order valence-corrected chi connectivity index (χ4v) is 4.32. The van der Waals surface area contributed by atoms with Crippen LogP contribution in [0, 0.1) is 12.7 Å². The number of amides is 1. The van der Waals surface area contributed by atoms with E-state index in [0.717, 1.165) is 16.2 Å². The van der Waals surface area contributed by atoms with Crippen molar-refractivity contribution >= 4 is 33.0 Å². The lowest BCUT2D eigenvalue weighted by Gasteiger charge is -2.07. The third kappa shape index (κ3) is 4.77. The maximum Gasteiger partial charge on any atom is 0.271 e. The summed E-state index contributed by atoms with van der Waals surface area (Å²) in [7, 11) is -3.83. The number of carbonyl (C=O) groups excluding carboxylic acids is 1. The highest BCUT2D eigenvalue weighted by atomic mass is 32.2. The molecule has 2 N–H and O–H groups in total. The van der Waals surface area contributed by atoms with Crippen LogP contribution in [0.2, 0.25) is 0 Å². The van der Waals surface area contributed by atoms with E-state index in [1.54, 1.807) is 19.1 Å². The molecule has 0 aliphatic heterocycles. The van der Waals surface area contributed by atoms with E-state index in [1.807, 2.05) is 0 Å². The largest absolute Gasteiger partial charge is 0.356 e. The fourth-order valence-electron chi connectivity index (χ4n) is 1.90. The van der Waals surface area contributed by atoms with Gasteiger partial charge in [0.2, 0.25) is 5.91 Å². The summed E-state index contributed by atoms with van der Waals surface area (Å²) in [5, 5.41) is 2.65. The number of anilines is 1. The molecule has 0 fully saturated rings. The van der Waals surface area contributed by atoms with Crippen molar-refractivity contribution in [1.82, 2.24) is 5.32 Å². The summed E-state index contributed by atoms with van der Waals surface area (Å²) in [6, 6.07) is 7.46. The van der Waals surface area contributed by atoms with Gasteiger partial charge in [0.15, 0.2) is 0 Å². The minimum absolute atomic E-state index is 0.0798. The molecule has 8 heteroatoms. The van der Waals surface area contributed by atoms with Crippen LogP contribution in [-0.2, 0) is 21.2 Å². The highest BCUT2D eigenvalue weighted by Gasteiger charge is 2.18. The number of halogens is 1. The average Bonchev–Trinajstić information content (AvgIpc) is 2.91. The van der Waals surface area contributed by atoms with Gasteiger partial charge in [0.05, 0.1) is 5.69 Å². The minimum Gasteiger partial charge on any atom is -0.356 e. The molecule has 2 aromatic rings. The number of benzene rings is 1. The number of sulfonamides is 1. The monoisotopic (exact) mass is 356 g/mol. The molecule has 0 saturated heterocycles. The van der Waals surface area contributed by atoms with E-state index >= 15 is 0 Å². The number of hydrogen-bond donors (Lipinski definition) is 2. The Bertz CT molecular complexity index is 816. The van der Waals surface area contributed by atoms with Crippen LogP contribution in [0.3, 0.4) is 0 Å². The van der Waals surface area contributed by atoms with Gasteiger partial charge in [0.25, 0.3) is 10.0 Å². The lowest BCUT2D eigenvalue weighted by Crippen LogP contribution is -2.22. The van der Waals surface area contributed by atoms with Crippen LogP contribution in [0.15, 0.2) is 34.5 Å². The van der Waals surface area contributed by atoms with Gasteiger partial charge in [-0.05, 0) is 43.2 Å². The molecule has 0 radical (unpaired) electrons. The van der Waals surface area contributed by atoms with Crippen molar-refractivity contribution in [1.29, 1.82) is 0 Å². The van der Waals surface area contributed by atoms with Gasteiger partial charge in [-0.1, -0.05) is 6.07 Å². The highest BCUT2D eigenvalue weighted by Crippen LogP contribution is 2.25. The lowest BCUT2D eigenvalue weighted by atomic mass is 10.2. The Morgan fingerprint density at radius 1 is 1.26 bits per heavy atom. The first-order chi connectivity index (χ1) is 10.8. The van der Waals surface area contributed by atoms with E-state index < -0.39 is 15.8 Å². The van der Waals surface area contributed by atoms with Crippen LogP contribution >= 0.6 is 11.3 Å². The van der Waals surface area contributed by atoms with Gasteiger partial charge in [-0.25, -0.2) is 12.8 Å². The standard InChI is InChI=1S/C15H17FN2O3S2/c1-10-3-5-14(13(16)9-10)18-23(20,21)15-6-4-12(22-15)7-8-17-11(2)19/h3-6,9,18H,7-8H2,1-2H3,(H,17,19). The summed E-state index contributed by atoms with van der Waals surface area (Å²) in [6.45, 7) is 3.59. The van der Waals surface area contributed by atoms with E-state index in [4.69, 9.17) is 0 Å². The summed E-state index contributed by atoms with van der Waals surface area (Å²) in [6.07, 6.45) is 0.540. The maximum absolute atomic E-state index is 13.8. The smallest absolute Gasteiger partial charge is 0.271 e. The first-order valence-corrected chi connectivity index (χ1v) is 9.20. The summed E-state index contributed by atoms with van der Waals surface area (Å²) < 4.78 is 40.7. The van der Waals surface area contributed by atoms with Crippen molar-refractivity contribution in [3.8, 4) is 0 Å². The molecule has 0 spiro atoms. The van der Waals surface area contributed by atoms with Crippen molar-refractivity contribution < 1.29 is 17.6 Å². The molecule has 0 saturated carbocycles. The van der Waals surface area contributed by atoms with Crippen molar-refractivity contribution in [3.05, 3.63) is 46.6 Å². The Balaban J connectivity index is 2.10. The molecule has 1 amide bonds. The Kier molecular flexibility index (Phi) is 5.38. The Hall–Kier alpha value is -1.93. The zero-order valence-corrected chi connectivity index (χ0v) is 14.4. The predicted molar refractivity (Wildman–Crippen MR) is 88.7 cm³/mol. The summed E-state index contributed by atoms with van der Waals surface area (Å²) in [4.78, 5) is 11.6. The third-order valence-corrected chi connectivity index (χ3v) is 6.02. The van der Waals surface area contributed by atoms with E-state index in [9.17, 15) is 17.6 Å². The third-order valence-electron chi connectivity index (χ3n) is 3.02. The number of carbonyl (C=O) groups is 1. The van der Waals surface area contributed by atoms with Crippen LogP contribution < -0.4 is 10.0 Å². The predicted octanol–water partition coefficient (Wildman–Crippen LogP) is 2.68. The van der Waals surface area contributed by atoms with Gasteiger partial charge >= 0.3 is 0 Å². The van der Waals surface area contributed by atoms with E-state index in [0.29, 0.717) is 18.5 Å². The normalized spacial score (nSPS) is 11.3. The molecule has 0 unspecified atom stereocenters. The van der Waals surface area contributed by atoms with Crippen LogP contribution in [-0.4, -0.2) is 20.9 Å². The molecule has 1 heterocycles. The molecule has 0 bridgehead atoms. The second kappa shape index (κ2) is 7.10. The number of aryl methyl sites for hydroxylation is 1. The fraction of sp³-hybridized carbons (Fsp3) is 0.267. The Morgan fingerprint density at radius 2 is 2.00 bits per heavy atom. The van der Waals surface area contributed by atoms with Crippen molar-refractivity contribution in [2.45, 2.75) is 24.5 Å². The van der Waals surface area contributed by atoms with Crippen molar-refractivity contribution in [2.75, 3.05) is 11.3 Å². The quantitative estimate of drug-likeness (QED) is 0.836. The van der Waals surface area contributed by atoms with Gasteiger partial charge in [0.1, 0.15) is 10.0 Å². The topological polar surface area (TPSA) is 75.3 Å². The second-order valence-electron chi connectivity index (χ2n) is 5.04. The number of hydrogen-bond acceptors (Lipinski definition) is 4.